The summed E-state index contributed by atoms with van der Waals surface area (Å²) in [6.07, 6.45) is 1.91. The number of hydrogen-bond donors (Lipinski definition) is 0. The molecule has 1 amide bonds. The fourth-order valence-corrected chi connectivity index (χ4v) is 4.85. The van der Waals surface area contributed by atoms with E-state index in [2.05, 4.69) is 13.8 Å². The number of carbonyl (C=O) groups excluding carboxylic acids is 1. The molecule has 33 heavy (non-hydrogen) atoms. The number of ether oxygens (including phenoxy) is 2. The molecule has 1 aliphatic heterocycles. The van der Waals surface area contributed by atoms with Gasteiger partial charge < -0.3 is 9.47 Å². The van der Waals surface area contributed by atoms with E-state index in [9.17, 15) is 4.79 Å². The Morgan fingerprint density at radius 1 is 1.03 bits per heavy atom. The second-order valence-electron chi connectivity index (χ2n) is 8.03. The molecule has 1 aliphatic rings. The summed E-state index contributed by atoms with van der Waals surface area (Å²) in [4.78, 5) is 20.5. The molecular formula is C26H25ClN2O3S. The molecule has 3 aromatic rings. The summed E-state index contributed by atoms with van der Waals surface area (Å²) in [7, 11) is 3.29. The van der Waals surface area contributed by atoms with Gasteiger partial charge in [0.05, 0.1) is 24.8 Å². The third kappa shape index (κ3) is 4.87. The van der Waals surface area contributed by atoms with Gasteiger partial charge in [-0.15, -0.1) is 0 Å². The lowest BCUT2D eigenvalue weighted by Gasteiger charge is -2.17. The quantitative estimate of drug-likeness (QED) is 0.365. The molecular weight excluding hydrogens is 456 g/mol. The van der Waals surface area contributed by atoms with E-state index in [1.165, 1.54) is 11.8 Å². The number of aliphatic imine (C=N–C) groups is 1. The summed E-state index contributed by atoms with van der Waals surface area (Å²) in [5.74, 6) is 1.72. The van der Waals surface area contributed by atoms with Gasteiger partial charge in [-0.2, -0.15) is 0 Å². The number of benzene rings is 3. The van der Waals surface area contributed by atoms with Gasteiger partial charge in [0.25, 0.3) is 5.91 Å². The molecule has 0 N–H and O–H groups in total. The van der Waals surface area contributed by atoms with Crippen LogP contribution in [0.1, 0.15) is 19.4 Å². The molecule has 0 atom stereocenters. The van der Waals surface area contributed by atoms with Crippen molar-refractivity contribution in [1.82, 2.24) is 4.90 Å². The average Bonchev–Trinajstić information content (AvgIpc) is 3.08. The zero-order valence-corrected chi connectivity index (χ0v) is 20.5. The highest BCUT2D eigenvalue weighted by Gasteiger charge is 2.34. The Kier molecular flexibility index (Phi) is 6.96. The van der Waals surface area contributed by atoms with Crippen LogP contribution in [-0.4, -0.2) is 36.7 Å². The number of methoxy groups -OCH3 is 2. The van der Waals surface area contributed by atoms with E-state index in [0.29, 0.717) is 27.6 Å². The summed E-state index contributed by atoms with van der Waals surface area (Å²) in [6.45, 7) is 4.76. The largest absolute Gasteiger partial charge is 0.496 e. The molecule has 7 heteroatoms. The first-order chi connectivity index (χ1) is 15.9. The number of thioether (sulfide) groups is 1. The maximum Gasteiger partial charge on any atom is 0.266 e. The van der Waals surface area contributed by atoms with E-state index in [4.69, 9.17) is 26.1 Å². The normalized spacial score (nSPS) is 16.4. The van der Waals surface area contributed by atoms with Gasteiger partial charge >= 0.3 is 0 Å². The first-order valence-electron chi connectivity index (χ1n) is 10.6. The van der Waals surface area contributed by atoms with Crippen LogP contribution < -0.4 is 9.47 Å². The molecule has 170 valence electrons. The minimum atomic E-state index is -0.0553. The van der Waals surface area contributed by atoms with Crippen molar-refractivity contribution in [2.45, 2.75) is 13.8 Å². The number of carbonyl (C=O) groups is 1. The highest BCUT2D eigenvalue weighted by atomic mass is 35.5. The Hall–Kier alpha value is -2.96. The van der Waals surface area contributed by atoms with Crippen molar-refractivity contribution < 1.29 is 14.3 Å². The van der Waals surface area contributed by atoms with E-state index < -0.39 is 0 Å². The predicted octanol–water partition coefficient (Wildman–Crippen LogP) is 6.77. The third-order valence-electron chi connectivity index (χ3n) is 5.21. The molecule has 1 heterocycles. The van der Waals surface area contributed by atoms with Crippen molar-refractivity contribution in [2.75, 3.05) is 20.8 Å². The average molecular weight is 481 g/mol. The molecule has 5 nitrogen and oxygen atoms in total. The van der Waals surface area contributed by atoms with Crippen molar-refractivity contribution in [1.29, 1.82) is 0 Å². The van der Waals surface area contributed by atoms with Crippen LogP contribution in [0.25, 0.3) is 16.8 Å². The van der Waals surface area contributed by atoms with Crippen LogP contribution >= 0.6 is 23.4 Å². The van der Waals surface area contributed by atoms with Crippen LogP contribution in [0.15, 0.2) is 64.5 Å². The topological polar surface area (TPSA) is 51.1 Å². The van der Waals surface area contributed by atoms with E-state index in [0.717, 1.165) is 33.5 Å². The Morgan fingerprint density at radius 2 is 1.76 bits per heavy atom. The standard InChI is InChI=1S/C26H25ClN2O3S/c1-16(2)15-29-25(30)23(33-26(29)28-19-11-9-18(27)10-12-19)14-17-8-13-21(31-3)20-6-5-7-22(32-4)24(17)20/h5-14,16H,15H2,1-4H3/b23-14-,28-26?. The lowest BCUT2D eigenvalue weighted by atomic mass is 10.0. The Balaban J connectivity index is 1.81. The van der Waals surface area contributed by atoms with Crippen molar-refractivity contribution in [3.8, 4) is 11.5 Å². The Bertz CT molecular complexity index is 1250. The second kappa shape index (κ2) is 9.89. The molecule has 0 bridgehead atoms. The van der Waals surface area contributed by atoms with Crippen LogP contribution in [0.4, 0.5) is 5.69 Å². The number of amides is 1. The van der Waals surface area contributed by atoms with Crippen LogP contribution in [0.2, 0.25) is 5.02 Å². The van der Waals surface area contributed by atoms with Gasteiger partial charge in [0, 0.05) is 22.3 Å². The van der Waals surface area contributed by atoms with Gasteiger partial charge in [0.2, 0.25) is 0 Å². The number of nitrogens with zero attached hydrogens (tertiary/aromatic N) is 2. The number of halogens is 1. The smallest absolute Gasteiger partial charge is 0.266 e. The zero-order valence-electron chi connectivity index (χ0n) is 19.0. The second-order valence-corrected chi connectivity index (χ2v) is 9.48. The SMILES string of the molecule is COc1ccc(/C=C2\SC(=Nc3ccc(Cl)cc3)N(CC(C)C)C2=O)c2c(OC)cccc12. The summed E-state index contributed by atoms with van der Waals surface area (Å²) in [5, 5.41) is 3.13. The molecule has 3 aromatic carbocycles. The van der Waals surface area contributed by atoms with Gasteiger partial charge in [-0.3, -0.25) is 9.69 Å². The lowest BCUT2D eigenvalue weighted by molar-refractivity contribution is -0.122. The van der Waals surface area contributed by atoms with Crippen molar-refractivity contribution in [3.05, 3.63) is 70.1 Å². The van der Waals surface area contributed by atoms with Gasteiger partial charge in [-0.05, 0) is 65.7 Å². The zero-order chi connectivity index (χ0) is 23.5. The van der Waals surface area contributed by atoms with E-state index in [1.807, 2.05) is 48.5 Å². The monoisotopic (exact) mass is 480 g/mol. The number of hydrogen-bond acceptors (Lipinski definition) is 5. The summed E-state index contributed by atoms with van der Waals surface area (Å²) in [5.41, 5.74) is 1.64. The maximum atomic E-state index is 13.4. The van der Waals surface area contributed by atoms with Crippen molar-refractivity contribution >= 4 is 57.0 Å². The van der Waals surface area contributed by atoms with Crippen LogP contribution in [0.5, 0.6) is 11.5 Å². The van der Waals surface area contributed by atoms with Gasteiger partial charge in [-0.25, -0.2) is 4.99 Å². The number of fused-ring (bicyclic) bond motifs is 1. The molecule has 1 fully saturated rings. The van der Waals surface area contributed by atoms with E-state index in [1.54, 1.807) is 31.3 Å². The molecule has 0 radical (unpaired) electrons. The van der Waals surface area contributed by atoms with Crippen LogP contribution in [-0.2, 0) is 4.79 Å². The Labute approximate surface area is 203 Å². The highest BCUT2D eigenvalue weighted by molar-refractivity contribution is 8.18. The molecule has 0 spiro atoms. The summed E-state index contributed by atoms with van der Waals surface area (Å²) in [6, 6.07) is 17.0. The Morgan fingerprint density at radius 3 is 2.42 bits per heavy atom. The highest BCUT2D eigenvalue weighted by Crippen LogP contribution is 2.39. The maximum absolute atomic E-state index is 13.4. The van der Waals surface area contributed by atoms with Crippen molar-refractivity contribution in [2.24, 2.45) is 10.9 Å². The summed E-state index contributed by atoms with van der Waals surface area (Å²) < 4.78 is 11.2. The molecule has 0 aromatic heterocycles. The predicted molar refractivity (Wildman–Crippen MR) is 138 cm³/mol. The van der Waals surface area contributed by atoms with E-state index >= 15 is 0 Å². The third-order valence-corrected chi connectivity index (χ3v) is 6.47. The summed E-state index contributed by atoms with van der Waals surface area (Å²) >= 11 is 7.39. The van der Waals surface area contributed by atoms with Crippen LogP contribution in [0.3, 0.4) is 0 Å². The van der Waals surface area contributed by atoms with Crippen LogP contribution in [0, 0.1) is 5.92 Å². The molecule has 0 unspecified atom stereocenters. The molecule has 0 aliphatic carbocycles. The minimum Gasteiger partial charge on any atom is -0.496 e. The first kappa shape index (κ1) is 23.2. The molecule has 1 saturated heterocycles. The number of amidine groups is 1. The van der Waals surface area contributed by atoms with E-state index in [-0.39, 0.29) is 5.91 Å². The van der Waals surface area contributed by atoms with Gasteiger partial charge in [0.15, 0.2) is 5.17 Å². The van der Waals surface area contributed by atoms with Gasteiger partial charge in [-0.1, -0.05) is 43.6 Å². The first-order valence-corrected chi connectivity index (χ1v) is 11.8. The fourth-order valence-electron chi connectivity index (χ4n) is 3.73. The fraction of sp³-hybridized carbons (Fsp3) is 0.231. The lowest BCUT2D eigenvalue weighted by Crippen LogP contribution is -2.32. The molecule has 4 rings (SSSR count). The minimum absolute atomic E-state index is 0.0553. The van der Waals surface area contributed by atoms with Crippen molar-refractivity contribution in [3.63, 3.8) is 0 Å². The number of rotatable bonds is 6. The van der Waals surface area contributed by atoms with Gasteiger partial charge in [0.1, 0.15) is 11.5 Å². The molecule has 0 saturated carbocycles.